The van der Waals surface area contributed by atoms with Crippen LogP contribution in [0.3, 0.4) is 0 Å². The molecule has 4 rings (SSSR count). The number of alkyl halides is 3. The topological polar surface area (TPSA) is 92.6 Å². The summed E-state index contributed by atoms with van der Waals surface area (Å²) >= 11 is 5.24. The average Bonchev–Trinajstić information content (AvgIpc) is 3.39. The van der Waals surface area contributed by atoms with Crippen LogP contribution in [0.2, 0.25) is 0 Å². The number of aromatic nitrogens is 4. The number of aryl methyl sites for hydroxylation is 1. The van der Waals surface area contributed by atoms with Gasteiger partial charge in [0, 0.05) is 18.2 Å². The molecule has 152 valence electrons. The van der Waals surface area contributed by atoms with Crippen molar-refractivity contribution in [3.63, 3.8) is 0 Å². The molecule has 1 N–H and O–H groups in total. The fourth-order valence-corrected chi connectivity index (χ4v) is 3.01. The third-order valence-corrected chi connectivity index (χ3v) is 4.91. The lowest BCUT2D eigenvalue weighted by Crippen LogP contribution is -2.29. The minimum absolute atomic E-state index is 0.175. The summed E-state index contributed by atoms with van der Waals surface area (Å²) in [4.78, 5) is 4.27. The Morgan fingerprint density at radius 1 is 1.17 bits per heavy atom. The van der Waals surface area contributed by atoms with E-state index in [1.807, 2.05) is 35.9 Å². The molecule has 0 unspecified atom stereocenters. The highest BCUT2D eigenvalue weighted by Crippen LogP contribution is 2.29. The molecule has 4 aromatic rings. The summed E-state index contributed by atoms with van der Waals surface area (Å²) in [7, 11) is 1.89. The zero-order valence-electron chi connectivity index (χ0n) is 15.7. The Balaban J connectivity index is 1.61. The lowest BCUT2D eigenvalue weighted by atomic mass is 10.1. The molecule has 0 radical (unpaired) electrons. The van der Waals surface area contributed by atoms with Crippen molar-refractivity contribution in [2.24, 2.45) is 7.05 Å². The van der Waals surface area contributed by atoms with E-state index in [0.717, 1.165) is 16.6 Å². The van der Waals surface area contributed by atoms with Crippen molar-refractivity contribution in [1.29, 1.82) is 5.26 Å². The molecule has 0 saturated heterocycles. The van der Waals surface area contributed by atoms with Crippen LogP contribution in [-0.4, -0.2) is 38.1 Å². The number of nitriles is 1. The van der Waals surface area contributed by atoms with Crippen LogP contribution in [-0.2, 0) is 7.05 Å². The van der Waals surface area contributed by atoms with Gasteiger partial charge in [0.2, 0.25) is 11.8 Å². The minimum Gasteiger partial charge on any atom is -0.416 e. The van der Waals surface area contributed by atoms with Crippen LogP contribution < -0.4 is 5.32 Å². The highest BCUT2D eigenvalue weighted by Gasteiger charge is 2.27. The van der Waals surface area contributed by atoms with Gasteiger partial charge in [-0.15, -0.1) is 21.8 Å². The summed E-state index contributed by atoms with van der Waals surface area (Å²) in [6.07, 6.45) is 1.72. The first kappa shape index (κ1) is 19.8. The zero-order valence-corrected chi connectivity index (χ0v) is 16.5. The molecule has 0 aliphatic heterocycles. The summed E-state index contributed by atoms with van der Waals surface area (Å²) in [6.45, 7) is -0.675. The van der Waals surface area contributed by atoms with Crippen LogP contribution in [0.4, 0.5) is 14.5 Å². The van der Waals surface area contributed by atoms with Crippen LogP contribution in [0, 0.1) is 11.3 Å². The lowest BCUT2D eigenvalue weighted by Gasteiger charge is -2.15. The summed E-state index contributed by atoms with van der Waals surface area (Å²) < 4.78 is 34.4. The number of nitrogens with one attached hydrogen (secondary N) is 1. The first-order chi connectivity index (χ1) is 14.4. The first-order valence-corrected chi connectivity index (χ1v) is 9.41. The Morgan fingerprint density at radius 2 is 1.87 bits per heavy atom. The summed E-state index contributed by atoms with van der Waals surface area (Å²) in [5.74, 6) is -3.36. The molecule has 2 aromatic carbocycles. The van der Waals surface area contributed by atoms with Crippen LogP contribution in [0.25, 0.3) is 33.9 Å². The van der Waals surface area contributed by atoms with Crippen molar-refractivity contribution in [2.45, 2.75) is 5.92 Å². The molecule has 7 nitrogen and oxygen atoms in total. The Labute approximate surface area is 174 Å². The normalized spacial score (nSPS) is 11.6. The summed E-state index contributed by atoms with van der Waals surface area (Å²) in [5, 5.41) is 20.1. The van der Waals surface area contributed by atoms with Gasteiger partial charge in [0.15, 0.2) is 0 Å². The van der Waals surface area contributed by atoms with Gasteiger partial charge < -0.3 is 14.3 Å². The van der Waals surface area contributed by atoms with E-state index in [9.17, 15) is 14.0 Å². The molecule has 0 aliphatic carbocycles. The van der Waals surface area contributed by atoms with Gasteiger partial charge in [-0.05, 0) is 36.4 Å². The van der Waals surface area contributed by atoms with E-state index >= 15 is 0 Å². The first-order valence-electron chi connectivity index (χ1n) is 8.87. The van der Waals surface area contributed by atoms with Gasteiger partial charge in [0.25, 0.3) is 5.92 Å². The van der Waals surface area contributed by atoms with Gasteiger partial charge in [0.05, 0.1) is 41.0 Å². The molecule has 0 fully saturated rings. The quantitative estimate of drug-likeness (QED) is 0.456. The van der Waals surface area contributed by atoms with Gasteiger partial charge in [-0.3, -0.25) is 0 Å². The molecule has 10 heteroatoms. The fraction of sp³-hybridized carbons (Fsp3) is 0.200. The molecule has 2 aromatic heterocycles. The number of hydrogen-bond acceptors (Lipinski definition) is 6. The molecule has 2 heterocycles. The largest absolute Gasteiger partial charge is 0.416 e. The van der Waals surface area contributed by atoms with Crippen molar-refractivity contribution in [3.05, 3.63) is 48.3 Å². The number of benzene rings is 2. The van der Waals surface area contributed by atoms with Crippen molar-refractivity contribution in [1.82, 2.24) is 19.7 Å². The van der Waals surface area contributed by atoms with Gasteiger partial charge in [-0.25, -0.2) is 13.8 Å². The second-order valence-electron chi connectivity index (χ2n) is 6.69. The van der Waals surface area contributed by atoms with Crippen molar-refractivity contribution < 1.29 is 13.2 Å². The van der Waals surface area contributed by atoms with Crippen molar-refractivity contribution >= 4 is 28.3 Å². The number of rotatable bonds is 6. The van der Waals surface area contributed by atoms with Crippen molar-refractivity contribution in [2.75, 3.05) is 17.7 Å². The maximum Gasteiger partial charge on any atom is 0.278 e. The molecular formula is C20H15ClF2N6O. The van der Waals surface area contributed by atoms with E-state index in [-0.39, 0.29) is 17.1 Å². The Morgan fingerprint density at radius 3 is 2.57 bits per heavy atom. The number of fused-ring (bicyclic) bond motifs is 1. The highest BCUT2D eigenvalue weighted by atomic mass is 35.5. The van der Waals surface area contributed by atoms with E-state index < -0.39 is 18.3 Å². The monoisotopic (exact) mass is 428 g/mol. The summed E-state index contributed by atoms with van der Waals surface area (Å²) in [5.41, 5.74) is 3.44. The predicted molar refractivity (Wildman–Crippen MR) is 108 cm³/mol. The molecule has 30 heavy (non-hydrogen) atoms. The third-order valence-electron chi connectivity index (χ3n) is 4.52. The SMILES string of the molecule is Cn1cnc2ccc(-c3nnc(-c4ccc(NCC(F)(F)CCl)c(C#N)c4)o3)cc21. The Kier molecular flexibility index (Phi) is 5.10. The molecule has 0 spiro atoms. The summed E-state index contributed by atoms with van der Waals surface area (Å²) in [6, 6.07) is 12.2. The molecule has 0 amide bonds. The second-order valence-corrected chi connectivity index (χ2v) is 6.95. The molecule has 0 bridgehead atoms. The van der Waals surface area contributed by atoms with Crippen LogP contribution in [0.15, 0.2) is 47.1 Å². The van der Waals surface area contributed by atoms with Gasteiger partial charge in [0.1, 0.15) is 6.07 Å². The van der Waals surface area contributed by atoms with E-state index in [2.05, 4.69) is 20.5 Å². The van der Waals surface area contributed by atoms with Crippen LogP contribution in [0.1, 0.15) is 5.56 Å². The van der Waals surface area contributed by atoms with E-state index in [1.165, 1.54) is 12.1 Å². The van der Waals surface area contributed by atoms with Gasteiger partial charge in [-0.1, -0.05) is 0 Å². The number of hydrogen-bond donors (Lipinski definition) is 1. The van der Waals surface area contributed by atoms with E-state index in [4.69, 9.17) is 16.0 Å². The fourth-order valence-electron chi connectivity index (χ4n) is 2.91. The lowest BCUT2D eigenvalue weighted by molar-refractivity contribution is 0.0407. The van der Waals surface area contributed by atoms with E-state index in [1.54, 1.807) is 12.4 Å². The maximum absolute atomic E-state index is 13.4. The molecular weight excluding hydrogens is 414 g/mol. The standard InChI is InChI=1S/C20H15ClF2N6O/c1-29-11-26-16-5-3-13(7-17(16)29)19-28-27-18(30-19)12-2-4-15(14(6-12)8-24)25-10-20(22,23)9-21/h2-7,11,25H,9-10H2,1H3. The Bertz CT molecular complexity index is 1260. The van der Waals surface area contributed by atoms with Crippen molar-refractivity contribution in [3.8, 4) is 29.0 Å². The van der Waals surface area contributed by atoms with Crippen LogP contribution in [0.5, 0.6) is 0 Å². The number of imidazole rings is 1. The van der Waals surface area contributed by atoms with Gasteiger partial charge in [-0.2, -0.15) is 5.26 Å². The average molecular weight is 429 g/mol. The van der Waals surface area contributed by atoms with Gasteiger partial charge >= 0.3 is 0 Å². The minimum atomic E-state index is -3.08. The third kappa shape index (κ3) is 3.82. The number of halogens is 3. The van der Waals surface area contributed by atoms with Crippen LogP contribution >= 0.6 is 11.6 Å². The molecule has 0 aliphatic rings. The smallest absolute Gasteiger partial charge is 0.278 e. The molecule has 0 saturated carbocycles. The molecule has 0 atom stereocenters. The Hall–Kier alpha value is -3.51. The maximum atomic E-state index is 13.4. The number of anilines is 1. The predicted octanol–water partition coefficient (Wildman–Crippen LogP) is 4.45. The number of nitrogens with zero attached hydrogens (tertiary/aromatic N) is 5. The zero-order chi connectivity index (χ0) is 21.3. The second kappa shape index (κ2) is 7.72. The van der Waals surface area contributed by atoms with E-state index in [0.29, 0.717) is 11.5 Å². The highest BCUT2D eigenvalue weighted by molar-refractivity contribution is 6.18.